The summed E-state index contributed by atoms with van der Waals surface area (Å²) in [4.78, 5) is 30.7. The first-order valence-corrected chi connectivity index (χ1v) is 11.0. The number of aromatic nitrogens is 6. The lowest BCUT2D eigenvalue weighted by Gasteiger charge is -2.31. The van der Waals surface area contributed by atoms with Gasteiger partial charge in [0.2, 0.25) is 0 Å². The molecule has 0 amide bonds. The topological polar surface area (TPSA) is 114 Å². The molecule has 1 saturated heterocycles. The second-order valence-corrected chi connectivity index (χ2v) is 8.15. The molecule has 2 N–H and O–H groups in total. The average Bonchev–Trinajstić information content (AvgIpc) is 3.32. The van der Waals surface area contributed by atoms with Gasteiger partial charge in [0, 0.05) is 57.1 Å². The molecule has 10 nitrogen and oxygen atoms in total. The molecular formula is C23H26N8O2. The Labute approximate surface area is 190 Å². The molecular weight excluding hydrogens is 420 g/mol. The molecule has 0 spiro atoms. The summed E-state index contributed by atoms with van der Waals surface area (Å²) in [6.45, 7) is 3.78. The summed E-state index contributed by atoms with van der Waals surface area (Å²) in [5.41, 5.74) is 2.05. The second kappa shape index (κ2) is 9.47. The maximum atomic E-state index is 12.6. The van der Waals surface area contributed by atoms with Crippen LogP contribution in [0.15, 0.2) is 54.2 Å². The number of hydrogen-bond acceptors (Lipinski definition) is 8. The molecule has 33 heavy (non-hydrogen) atoms. The summed E-state index contributed by atoms with van der Waals surface area (Å²) < 4.78 is 7.20. The van der Waals surface area contributed by atoms with Crippen molar-refractivity contribution in [3.8, 4) is 11.3 Å². The summed E-state index contributed by atoms with van der Waals surface area (Å²) in [7, 11) is 1.74. The molecule has 5 rings (SSSR count). The molecule has 0 unspecified atom stereocenters. The molecule has 0 atom stereocenters. The van der Waals surface area contributed by atoms with E-state index in [-0.39, 0.29) is 5.56 Å². The fourth-order valence-electron chi connectivity index (χ4n) is 4.25. The Morgan fingerprint density at radius 3 is 2.82 bits per heavy atom. The van der Waals surface area contributed by atoms with Crippen LogP contribution in [0, 0.1) is 0 Å². The Morgan fingerprint density at radius 1 is 1.21 bits per heavy atom. The fourth-order valence-corrected chi connectivity index (χ4v) is 4.25. The van der Waals surface area contributed by atoms with Gasteiger partial charge in [-0.3, -0.25) is 9.48 Å². The van der Waals surface area contributed by atoms with E-state index in [9.17, 15) is 4.79 Å². The first kappa shape index (κ1) is 21.2. The summed E-state index contributed by atoms with van der Waals surface area (Å²) in [6, 6.07) is 4.08. The van der Waals surface area contributed by atoms with Crippen LogP contribution in [0.4, 0.5) is 11.5 Å². The third-order valence-electron chi connectivity index (χ3n) is 6.02. The SMILES string of the molecule is COCCN1CCC(n2cc(Nc3nc(-c4cncnc4)cc4cc[nH]c(=O)c34)cn2)CC1. The van der Waals surface area contributed by atoms with Crippen molar-refractivity contribution in [2.24, 2.45) is 0 Å². The van der Waals surface area contributed by atoms with E-state index in [1.165, 1.54) is 6.33 Å². The third kappa shape index (κ3) is 4.62. The number of fused-ring (bicyclic) bond motifs is 1. The van der Waals surface area contributed by atoms with E-state index in [2.05, 4.69) is 30.3 Å². The van der Waals surface area contributed by atoms with Gasteiger partial charge < -0.3 is 19.9 Å². The largest absolute Gasteiger partial charge is 0.383 e. The predicted molar refractivity (Wildman–Crippen MR) is 125 cm³/mol. The highest BCUT2D eigenvalue weighted by atomic mass is 16.5. The van der Waals surface area contributed by atoms with Crippen molar-refractivity contribution in [1.82, 2.24) is 34.6 Å². The van der Waals surface area contributed by atoms with Gasteiger partial charge in [0.05, 0.1) is 35.6 Å². The van der Waals surface area contributed by atoms with E-state index in [1.807, 2.05) is 23.0 Å². The maximum absolute atomic E-state index is 12.6. The Hall–Kier alpha value is -3.63. The van der Waals surface area contributed by atoms with Gasteiger partial charge in [0.25, 0.3) is 5.56 Å². The van der Waals surface area contributed by atoms with Crippen molar-refractivity contribution in [3.63, 3.8) is 0 Å². The van der Waals surface area contributed by atoms with Crippen LogP contribution in [0.2, 0.25) is 0 Å². The standard InChI is InChI=1S/C23H26N8O2/c1-33-9-8-30-6-3-19(4-7-30)31-14-18(13-27-31)28-22-21-16(2-5-26-23(21)32)10-20(29-22)17-11-24-15-25-12-17/h2,5,10-15,19H,3-4,6-9H2,1H3,(H,26,32)(H,28,29). The molecule has 0 bridgehead atoms. The number of piperidine rings is 1. The van der Waals surface area contributed by atoms with E-state index < -0.39 is 0 Å². The van der Waals surface area contributed by atoms with Crippen molar-refractivity contribution in [2.75, 3.05) is 38.7 Å². The number of nitrogens with zero attached hydrogens (tertiary/aromatic N) is 6. The van der Waals surface area contributed by atoms with Gasteiger partial charge in [0.15, 0.2) is 0 Å². The summed E-state index contributed by atoms with van der Waals surface area (Å²) in [5.74, 6) is 0.474. The van der Waals surface area contributed by atoms with Gasteiger partial charge in [-0.2, -0.15) is 5.10 Å². The molecule has 1 fully saturated rings. The van der Waals surface area contributed by atoms with Crippen molar-refractivity contribution in [1.29, 1.82) is 0 Å². The zero-order valence-corrected chi connectivity index (χ0v) is 18.4. The zero-order chi connectivity index (χ0) is 22.6. The number of hydrogen-bond donors (Lipinski definition) is 2. The monoisotopic (exact) mass is 446 g/mol. The number of aromatic amines is 1. The minimum atomic E-state index is -0.200. The van der Waals surface area contributed by atoms with Crippen LogP contribution in [0.3, 0.4) is 0 Å². The number of likely N-dealkylation sites (tertiary alicyclic amines) is 1. The zero-order valence-electron chi connectivity index (χ0n) is 18.4. The van der Waals surface area contributed by atoms with Crippen LogP contribution < -0.4 is 10.9 Å². The van der Waals surface area contributed by atoms with Gasteiger partial charge >= 0.3 is 0 Å². The molecule has 4 aromatic heterocycles. The maximum Gasteiger partial charge on any atom is 0.259 e. The van der Waals surface area contributed by atoms with Gasteiger partial charge in [-0.05, 0) is 30.4 Å². The molecule has 1 aliphatic heterocycles. The smallest absolute Gasteiger partial charge is 0.259 e. The highest BCUT2D eigenvalue weighted by Gasteiger charge is 2.21. The molecule has 0 saturated carbocycles. The van der Waals surface area contributed by atoms with E-state index in [0.29, 0.717) is 22.9 Å². The van der Waals surface area contributed by atoms with Crippen LogP contribution in [0.25, 0.3) is 22.0 Å². The number of methoxy groups -OCH3 is 1. The number of anilines is 2. The average molecular weight is 447 g/mol. The lowest BCUT2D eigenvalue weighted by Crippen LogP contribution is -2.36. The van der Waals surface area contributed by atoms with Gasteiger partial charge in [-0.15, -0.1) is 0 Å². The Balaban J connectivity index is 1.40. The van der Waals surface area contributed by atoms with E-state index in [0.717, 1.165) is 55.7 Å². The number of rotatable bonds is 7. The van der Waals surface area contributed by atoms with E-state index in [4.69, 9.17) is 9.72 Å². The van der Waals surface area contributed by atoms with Crippen LogP contribution in [-0.2, 0) is 4.74 Å². The van der Waals surface area contributed by atoms with Crippen molar-refractivity contribution >= 4 is 22.3 Å². The molecule has 1 aliphatic rings. The highest BCUT2D eigenvalue weighted by molar-refractivity contribution is 5.94. The third-order valence-corrected chi connectivity index (χ3v) is 6.02. The highest BCUT2D eigenvalue weighted by Crippen LogP contribution is 2.28. The van der Waals surface area contributed by atoms with Gasteiger partial charge in [-0.1, -0.05) is 0 Å². The molecule has 5 heterocycles. The molecule has 0 radical (unpaired) electrons. The lowest BCUT2D eigenvalue weighted by atomic mass is 10.1. The summed E-state index contributed by atoms with van der Waals surface area (Å²) in [5, 5.41) is 9.18. The molecule has 4 aromatic rings. The molecule has 0 aliphatic carbocycles. The van der Waals surface area contributed by atoms with Crippen LogP contribution >= 0.6 is 0 Å². The number of nitrogens with one attached hydrogen (secondary N) is 2. The van der Waals surface area contributed by atoms with Crippen LogP contribution in [0.1, 0.15) is 18.9 Å². The van der Waals surface area contributed by atoms with Gasteiger partial charge in [0.1, 0.15) is 12.1 Å². The first-order chi connectivity index (χ1) is 16.2. The van der Waals surface area contributed by atoms with Crippen molar-refractivity contribution < 1.29 is 4.74 Å². The minimum Gasteiger partial charge on any atom is -0.383 e. The van der Waals surface area contributed by atoms with Crippen LogP contribution in [0.5, 0.6) is 0 Å². The Kier molecular flexibility index (Phi) is 6.09. The number of H-pyrrole nitrogens is 1. The minimum absolute atomic E-state index is 0.200. The second-order valence-electron chi connectivity index (χ2n) is 8.15. The summed E-state index contributed by atoms with van der Waals surface area (Å²) in [6.07, 6.45) is 12.4. The number of ether oxygens (including phenoxy) is 1. The first-order valence-electron chi connectivity index (χ1n) is 11.0. The van der Waals surface area contributed by atoms with Crippen molar-refractivity contribution in [2.45, 2.75) is 18.9 Å². The Morgan fingerprint density at radius 2 is 2.03 bits per heavy atom. The van der Waals surface area contributed by atoms with Crippen molar-refractivity contribution in [3.05, 3.63) is 59.8 Å². The van der Waals surface area contributed by atoms with E-state index in [1.54, 1.807) is 31.9 Å². The normalized spacial score (nSPS) is 15.2. The number of pyridine rings is 2. The molecule has 10 heteroatoms. The van der Waals surface area contributed by atoms with E-state index >= 15 is 0 Å². The molecule has 0 aromatic carbocycles. The van der Waals surface area contributed by atoms with Crippen LogP contribution in [-0.4, -0.2) is 68.0 Å². The predicted octanol–water partition coefficient (Wildman–Crippen LogP) is 2.60. The fraction of sp³-hybridized carbons (Fsp3) is 0.348. The lowest BCUT2D eigenvalue weighted by molar-refractivity contribution is 0.119. The molecule has 170 valence electrons. The summed E-state index contributed by atoms with van der Waals surface area (Å²) >= 11 is 0. The quantitative estimate of drug-likeness (QED) is 0.445. The Bertz CT molecular complexity index is 1280. The van der Waals surface area contributed by atoms with Gasteiger partial charge in [-0.25, -0.2) is 15.0 Å².